The van der Waals surface area contributed by atoms with Crippen molar-refractivity contribution in [2.45, 2.75) is 6.18 Å². The van der Waals surface area contributed by atoms with E-state index in [4.69, 9.17) is 15.0 Å². The lowest BCUT2D eigenvalue weighted by atomic mass is 9.95. The van der Waals surface area contributed by atoms with Crippen LogP contribution in [-0.4, -0.2) is 19.5 Å². The maximum absolute atomic E-state index is 14.9. The molecule has 0 saturated carbocycles. The number of aromatic nitrogens is 4. The van der Waals surface area contributed by atoms with Crippen molar-refractivity contribution >= 4 is 21.8 Å². The Morgan fingerprint density at radius 3 is 1.22 bits per heavy atom. The number of fused-ring (bicyclic) bond motifs is 3. The van der Waals surface area contributed by atoms with Gasteiger partial charge < -0.3 is 4.57 Å². The standard InChI is InChI=1S/C52H33F3N4/c53-52(54,55)45-24-14-13-23-41(45)42-30-27-40(51-57-49(36-19-9-3-10-20-36)56-50(58-51)37-21-11-4-12-22-37)33-48(42)59-46-31-38(34-15-5-1-6-16-34)25-28-43(46)44-29-26-39(32-47(44)59)35-17-7-2-8-18-35/h1-33H. The minimum Gasteiger partial charge on any atom is -0.309 e. The molecule has 10 aromatic rings. The van der Waals surface area contributed by atoms with Crippen molar-refractivity contribution in [1.82, 2.24) is 19.5 Å². The molecular formula is C52H33F3N4. The Morgan fingerprint density at radius 1 is 0.339 bits per heavy atom. The third kappa shape index (κ3) is 6.72. The lowest BCUT2D eigenvalue weighted by Crippen LogP contribution is -2.08. The number of halogens is 3. The molecule has 282 valence electrons. The van der Waals surface area contributed by atoms with Gasteiger partial charge in [0.15, 0.2) is 17.5 Å². The Kier molecular flexibility index (Phi) is 8.91. The number of hydrogen-bond donors (Lipinski definition) is 0. The van der Waals surface area contributed by atoms with Gasteiger partial charge in [0.1, 0.15) is 0 Å². The van der Waals surface area contributed by atoms with Crippen LogP contribution in [-0.2, 0) is 6.18 Å². The summed E-state index contributed by atoms with van der Waals surface area (Å²) in [6, 6.07) is 63.5. The Balaban J connectivity index is 1.31. The van der Waals surface area contributed by atoms with Crippen LogP contribution in [0.2, 0.25) is 0 Å². The summed E-state index contributed by atoms with van der Waals surface area (Å²) >= 11 is 0. The highest BCUT2D eigenvalue weighted by Crippen LogP contribution is 2.44. The van der Waals surface area contributed by atoms with Crippen LogP contribution in [0, 0.1) is 0 Å². The first-order chi connectivity index (χ1) is 28.9. The largest absolute Gasteiger partial charge is 0.417 e. The maximum Gasteiger partial charge on any atom is 0.417 e. The van der Waals surface area contributed by atoms with Crippen molar-refractivity contribution in [1.29, 1.82) is 0 Å². The molecule has 0 N–H and O–H groups in total. The molecule has 0 aliphatic carbocycles. The normalized spacial score (nSPS) is 11.6. The second-order valence-corrected chi connectivity index (χ2v) is 14.3. The molecule has 0 atom stereocenters. The summed E-state index contributed by atoms with van der Waals surface area (Å²) < 4.78 is 46.9. The Labute approximate surface area is 338 Å². The second kappa shape index (κ2) is 14.7. The molecule has 0 radical (unpaired) electrons. The van der Waals surface area contributed by atoms with Crippen molar-refractivity contribution in [3.8, 4) is 73.2 Å². The van der Waals surface area contributed by atoms with Gasteiger partial charge in [0.25, 0.3) is 0 Å². The van der Waals surface area contributed by atoms with E-state index in [0.717, 1.165) is 61.3 Å². The van der Waals surface area contributed by atoms with Gasteiger partial charge in [-0.15, -0.1) is 0 Å². The molecule has 0 bridgehead atoms. The molecule has 7 heteroatoms. The van der Waals surface area contributed by atoms with Gasteiger partial charge in [-0.3, -0.25) is 0 Å². The van der Waals surface area contributed by atoms with E-state index in [0.29, 0.717) is 34.3 Å². The molecule has 8 aromatic carbocycles. The zero-order chi connectivity index (χ0) is 39.9. The highest BCUT2D eigenvalue weighted by Gasteiger charge is 2.34. The van der Waals surface area contributed by atoms with Crippen molar-refractivity contribution in [3.05, 3.63) is 206 Å². The fourth-order valence-electron chi connectivity index (χ4n) is 7.88. The highest BCUT2D eigenvalue weighted by molar-refractivity contribution is 6.12. The third-order valence-electron chi connectivity index (χ3n) is 10.7. The van der Waals surface area contributed by atoms with Gasteiger partial charge in [0, 0.05) is 33.0 Å². The molecule has 2 aromatic heterocycles. The maximum atomic E-state index is 14.9. The van der Waals surface area contributed by atoms with E-state index < -0.39 is 11.7 Å². The minimum atomic E-state index is -4.60. The highest BCUT2D eigenvalue weighted by atomic mass is 19.4. The number of alkyl halides is 3. The van der Waals surface area contributed by atoms with Crippen LogP contribution in [0.3, 0.4) is 0 Å². The first kappa shape index (κ1) is 35.8. The van der Waals surface area contributed by atoms with E-state index >= 15 is 0 Å². The fourth-order valence-corrected chi connectivity index (χ4v) is 7.88. The lowest BCUT2D eigenvalue weighted by molar-refractivity contribution is -0.137. The van der Waals surface area contributed by atoms with Gasteiger partial charge >= 0.3 is 6.18 Å². The number of rotatable bonds is 7. The van der Waals surface area contributed by atoms with Gasteiger partial charge in [0.2, 0.25) is 0 Å². The Bertz CT molecular complexity index is 2970. The van der Waals surface area contributed by atoms with E-state index in [9.17, 15) is 13.2 Å². The van der Waals surface area contributed by atoms with E-state index in [1.54, 1.807) is 18.2 Å². The molecule has 0 unspecified atom stereocenters. The molecule has 10 rings (SSSR count). The van der Waals surface area contributed by atoms with Crippen LogP contribution in [0.15, 0.2) is 200 Å². The monoisotopic (exact) mass is 770 g/mol. The van der Waals surface area contributed by atoms with Crippen LogP contribution < -0.4 is 0 Å². The van der Waals surface area contributed by atoms with Gasteiger partial charge in [-0.25, -0.2) is 15.0 Å². The number of nitrogens with zero attached hydrogens (tertiary/aromatic N) is 4. The molecule has 4 nitrogen and oxygen atoms in total. The second-order valence-electron chi connectivity index (χ2n) is 14.3. The van der Waals surface area contributed by atoms with E-state index in [2.05, 4.69) is 65.2 Å². The van der Waals surface area contributed by atoms with Gasteiger partial charge in [-0.1, -0.05) is 176 Å². The predicted octanol–water partition coefficient (Wildman–Crippen LogP) is 14.0. The number of hydrogen-bond acceptors (Lipinski definition) is 3. The molecule has 0 aliphatic heterocycles. The Hall–Kier alpha value is -7.64. The van der Waals surface area contributed by atoms with Crippen LogP contribution in [0.25, 0.3) is 95.0 Å². The Morgan fingerprint density at radius 2 is 0.746 bits per heavy atom. The zero-order valence-electron chi connectivity index (χ0n) is 31.5. The first-order valence-electron chi connectivity index (χ1n) is 19.3. The van der Waals surface area contributed by atoms with E-state index in [1.807, 2.05) is 109 Å². The average molecular weight is 771 g/mol. The molecule has 59 heavy (non-hydrogen) atoms. The van der Waals surface area contributed by atoms with E-state index in [1.165, 1.54) is 6.07 Å². The SMILES string of the molecule is FC(F)(F)c1ccccc1-c1ccc(-c2nc(-c3ccccc3)nc(-c3ccccc3)n2)cc1-n1c2cc(-c3ccccc3)ccc2c2ccc(-c3ccccc3)cc21. The van der Waals surface area contributed by atoms with Crippen molar-refractivity contribution in [3.63, 3.8) is 0 Å². The molecule has 0 amide bonds. The molecule has 0 spiro atoms. The van der Waals surface area contributed by atoms with Gasteiger partial charge in [-0.2, -0.15) is 13.2 Å². The minimum absolute atomic E-state index is 0.0700. The summed E-state index contributed by atoms with van der Waals surface area (Å²) in [5, 5.41) is 1.94. The summed E-state index contributed by atoms with van der Waals surface area (Å²) in [4.78, 5) is 14.9. The molecule has 0 saturated heterocycles. The molecule has 0 fully saturated rings. The van der Waals surface area contributed by atoms with Gasteiger partial charge in [0.05, 0.1) is 22.3 Å². The smallest absolute Gasteiger partial charge is 0.309 e. The fraction of sp³-hybridized carbons (Fsp3) is 0.0192. The topological polar surface area (TPSA) is 43.6 Å². The van der Waals surface area contributed by atoms with Crippen molar-refractivity contribution < 1.29 is 13.2 Å². The predicted molar refractivity (Wildman–Crippen MR) is 232 cm³/mol. The average Bonchev–Trinajstić information content (AvgIpc) is 3.62. The summed E-state index contributed by atoms with van der Waals surface area (Å²) in [5.74, 6) is 1.36. The molecule has 2 heterocycles. The van der Waals surface area contributed by atoms with Crippen molar-refractivity contribution in [2.75, 3.05) is 0 Å². The van der Waals surface area contributed by atoms with Crippen LogP contribution >= 0.6 is 0 Å². The zero-order valence-corrected chi connectivity index (χ0v) is 31.5. The van der Waals surface area contributed by atoms with Crippen LogP contribution in [0.4, 0.5) is 13.2 Å². The summed E-state index contributed by atoms with van der Waals surface area (Å²) in [6.07, 6.45) is -4.60. The summed E-state index contributed by atoms with van der Waals surface area (Å²) in [7, 11) is 0. The quantitative estimate of drug-likeness (QED) is 0.162. The van der Waals surface area contributed by atoms with Crippen molar-refractivity contribution in [2.24, 2.45) is 0 Å². The van der Waals surface area contributed by atoms with Gasteiger partial charge in [-0.05, 0) is 52.1 Å². The first-order valence-corrected chi connectivity index (χ1v) is 19.3. The number of benzene rings is 8. The summed E-state index contributed by atoms with van der Waals surface area (Å²) in [6.45, 7) is 0. The molecule has 0 aliphatic rings. The lowest BCUT2D eigenvalue weighted by Gasteiger charge is -2.19. The van der Waals surface area contributed by atoms with Crippen LogP contribution in [0.5, 0.6) is 0 Å². The molecular weight excluding hydrogens is 738 g/mol. The summed E-state index contributed by atoms with van der Waals surface area (Å²) in [5.41, 5.74) is 8.28. The van der Waals surface area contributed by atoms with Crippen LogP contribution in [0.1, 0.15) is 5.56 Å². The third-order valence-corrected chi connectivity index (χ3v) is 10.7. The van der Waals surface area contributed by atoms with E-state index in [-0.39, 0.29) is 5.56 Å².